The van der Waals surface area contributed by atoms with E-state index in [1.54, 1.807) is 6.07 Å². The minimum absolute atomic E-state index is 0.122. The smallest absolute Gasteiger partial charge is 0.258 e. The summed E-state index contributed by atoms with van der Waals surface area (Å²) < 4.78 is 13.7. The summed E-state index contributed by atoms with van der Waals surface area (Å²) in [6.45, 7) is 2.19. The molecule has 3 unspecified atom stereocenters. The quantitative estimate of drug-likeness (QED) is 0.431. The lowest BCUT2D eigenvalue weighted by atomic mass is 9.76. The fourth-order valence-corrected chi connectivity index (χ4v) is 3.65. The van der Waals surface area contributed by atoms with Crippen molar-refractivity contribution in [3.63, 3.8) is 0 Å². The van der Waals surface area contributed by atoms with Gasteiger partial charge in [-0.2, -0.15) is 4.39 Å². The van der Waals surface area contributed by atoms with Crippen molar-refractivity contribution in [1.82, 2.24) is 0 Å². The fourth-order valence-electron chi connectivity index (χ4n) is 3.33. The molecule has 0 saturated heterocycles. The van der Waals surface area contributed by atoms with E-state index in [1.165, 1.54) is 31.4 Å². The Labute approximate surface area is 129 Å². The molecular weight excluding hydrogens is 293 g/mol. The third kappa shape index (κ3) is 4.16. The second kappa shape index (κ2) is 7.21. The number of nitro benzene ring substituents is 1. The number of benzene rings is 1. The molecule has 116 valence electrons. The van der Waals surface area contributed by atoms with Crippen LogP contribution in [-0.4, -0.2) is 10.3 Å². The highest BCUT2D eigenvalue weighted by Gasteiger charge is 2.29. The molecule has 2 rings (SSSR count). The van der Waals surface area contributed by atoms with Crippen molar-refractivity contribution in [2.45, 2.75) is 50.8 Å². The zero-order valence-corrected chi connectivity index (χ0v) is 13.0. The Morgan fingerprint density at radius 2 is 2.19 bits per heavy atom. The van der Waals surface area contributed by atoms with Gasteiger partial charge >= 0.3 is 5.69 Å². The second-order valence-corrected chi connectivity index (χ2v) is 6.55. The van der Waals surface area contributed by atoms with Gasteiger partial charge in [-0.1, -0.05) is 25.8 Å². The summed E-state index contributed by atoms with van der Waals surface area (Å²) in [5.41, 5.74) is 0.333. The molecule has 0 amide bonds. The van der Waals surface area contributed by atoms with Gasteiger partial charge < -0.3 is 0 Å². The molecule has 1 aromatic rings. The molecule has 3 nitrogen and oxygen atoms in total. The molecule has 5 heteroatoms. The third-order valence-corrected chi connectivity index (χ3v) is 4.98. The number of nitro groups is 1. The van der Waals surface area contributed by atoms with E-state index in [2.05, 4.69) is 6.92 Å². The SMILES string of the molecule is CCCC1CCC(Cl)C(Cc2ccc([N+](=O)[O-])c(F)c2)C1. The molecule has 0 aromatic heterocycles. The highest BCUT2D eigenvalue weighted by atomic mass is 35.5. The van der Waals surface area contributed by atoms with E-state index >= 15 is 0 Å². The summed E-state index contributed by atoms with van der Waals surface area (Å²) in [7, 11) is 0. The zero-order chi connectivity index (χ0) is 15.4. The fraction of sp³-hybridized carbons (Fsp3) is 0.625. The molecule has 1 aliphatic rings. The highest BCUT2D eigenvalue weighted by Crippen LogP contribution is 2.37. The maximum Gasteiger partial charge on any atom is 0.304 e. The van der Waals surface area contributed by atoms with Gasteiger partial charge in [-0.05, 0) is 49.1 Å². The molecule has 3 atom stereocenters. The van der Waals surface area contributed by atoms with Crippen molar-refractivity contribution in [3.8, 4) is 0 Å². The monoisotopic (exact) mass is 313 g/mol. The van der Waals surface area contributed by atoms with Crippen LogP contribution in [0.25, 0.3) is 0 Å². The lowest BCUT2D eigenvalue weighted by Gasteiger charge is -2.33. The molecule has 21 heavy (non-hydrogen) atoms. The van der Waals surface area contributed by atoms with Crippen LogP contribution in [0.5, 0.6) is 0 Å². The van der Waals surface area contributed by atoms with Gasteiger partial charge in [0.15, 0.2) is 0 Å². The number of hydrogen-bond donors (Lipinski definition) is 0. The molecule has 0 N–H and O–H groups in total. The van der Waals surface area contributed by atoms with Crippen molar-refractivity contribution >= 4 is 17.3 Å². The third-order valence-electron chi connectivity index (χ3n) is 4.40. The maximum absolute atomic E-state index is 13.7. The lowest BCUT2D eigenvalue weighted by molar-refractivity contribution is -0.387. The summed E-state index contributed by atoms with van der Waals surface area (Å²) in [6, 6.07) is 4.18. The van der Waals surface area contributed by atoms with Crippen LogP contribution in [0.2, 0.25) is 0 Å². The molecule has 0 radical (unpaired) electrons. The highest BCUT2D eigenvalue weighted by molar-refractivity contribution is 6.20. The van der Waals surface area contributed by atoms with Crippen LogP contribution >= 0.6 is 11.6 Å². The van der Waals surface area contributed by atoms with Gasteiger partial charge in [0.25, 0.3) is 0 Å². The molecule has 0 spiro atoms. The summed E-state index contributed by atoms with van der Waals surface area (Å²) in [4.78, 5) is 9.94. The van der Waals surface area contributed by atoms with Crippen molar-refractivity contribution in [3.05, 3.63) is 39.7 Å². The minimum atomic E-state index is -0.760. The van der Waals surface area contributed by atoms with Crippen molar-refractivity contribution in [1.29, 1.82) is 0 Å². The zero-order valence-electron chi connectivity index (χ0n) is 12.2. The Morgan fingerprint density at radius 1 is 1.43 bits per heavy atom. The average Bonchev–Trinajstić information content (AvgIpc) is 2.42. The van der Waals surface area contributed by atoms with Crippen LogP contribution in [0.15, 0.2) is 18.2 Å². The molecule has 0 aliphatic heterocycles. The molecule has 1 fully saturated rings. The number of alkyl halides is 1. The standard InChI is InChI=1S/C16H21ClFNO2/c1-2-3-11-4-6-14(17)13(8-11)9-12-5-7-16(19(20)21)15(18)10-12/h5,7,10-11,13-14H,2-4,6,8-9H2,1H3. The first kappa shape index (κ1) is 16.2. The van der Waals surface area contributed by atoms with E-state index in [4.69, 9.17) is 11.6 Å². The first-order valence-electron chi connectivity index (χ1n) is 7.58. The van der Waals surface area contributed by atoms with Crippen LogP contribution in [0.1, 0.15) is 44.6 Å². The number of rotatable bonds is 5. The molecule has 1 aliphatic carbocycles. The van der Waals surface area contributed by atoms with Crippen LogP contribution in [0.3, 0.4) is 0 Å². The van der Waals surface area contributed by atoms with Crippen LogP contribution < -0.4 is 0 Å². The van der Waals surface area contributed by atoms with Gasteiger partial charge in [-0.3, -0.25) is 10.1 Å². The predicted octanol–water partition coefficient (Wildman–Crippen LogP) is 5.10. The van der Waals surface area contributed by atoms with Crippen LogP contribution in [0.4, 0.5) is 10.1 Å². The average molecular weight is 314 g/mol. The first-order chi connectivity index (χ1) is 10.0. The minimum Gasteiger partial charge on any atom is -0.258 e. The molecule has 0 bridgehead atoms. The van der Waals surface area contributed by atoms with E-state index in [9.17, 15) is 14.5 Å². The Bertz CT molecular complexity index is 509. The lowest BCUT2D eigenvalue weighted by Crippen LogP contribution is -2.27. The van der Waals surface area contributed by atoms with Gasteiger partial charge in [0.05, 0.1) is 4.92 Å². The Kier molecular flexibility index (Phi) is 5.57. The number of hydrogen-bond acceptors (Lipinski definition) is 2. The van der Waals surface area contributed by atoms with E-state index in [0.717, 1.165) is 18.4 Å². The molecular formula is C16H21ClFNO2. The van der Waals surface area contributed by atoms with Gasteiger partial charge in [0.1, 0.15) is 0 Å². The van der Waals surface area contributed by atoms with Crippen molar-refractivity contribution in [2.75, 3.05) is 0 Å². The molecule has 1 saturated carbocycles. The number of nitrogens with zero attached hydrogens (tertiary/aromatic N) is 1. The van der Waals surface area contributed by atoms with Crippen molar-refractivity contribution in [2.24, 2.45) is 11.8 Å². The summed E-state index contributed by atoms with van der Waals surface area (Å²) in [5.74, 6) is 0.278. The van der Waals surface area contributed by atoms with E-state index in [-0.39, 0.29) is 5.38 Å². The van der Waals surface area contributed by atoms with Gasteiger partial charge in [-0.15, -0.1) is 11.6 Å². The summed E-state index contributed by atoms with van der Waals surface area (Å²) in [5, 5.41) is 10.8. The normalized spacial score (nSPS) is 25.8. The number of halogens is 2. The predicted molar refractivity (Wildman–Crippen MR) is 82.1 cm³/mol. The van der Waals surface area contributed by atoms with E-state index in [0.29, 0.717) is 18.3 Å². The topological polar surface area (TPSA) is 43.1 Å². The van der Waals surface area contributed by atoms with Gasteiger partial charge in [0, 0.05) is 11.4 Å². The Morgan fingerprint density at radius 3 is 2.81 bits per heavy atom. The second-order valence-electron chi connectivity index (χ2n) is 5.99. The first-order valence-corrected chi connectivity index (χ1v) is 8.01. The van der Waals surface area contributed by atoms with Crippen LogP contribution in [-0.2, 0) is 6.42 Å². The molecule has 0 heterocycles. The molecule has 1 aromatic carbocycles. The summed E-state index contributed by atoms with van der Waals surface area (Å²) >= 11 is 6.42. The maximum atomic E-state index is 13.7. The largest absolute Gasteiger partial charge is 0.304 e. The van der Waals surface area contributed by atoms with Gasteiger partial charge in [-0.25, -0.2) is 0 Å². The summed E-state index contributed by atoms with van der Waals surface area (Å²) in [6.07, 6.45) is 6.34. The Hall–Kier alpha value is -1.16. The van der Waals surface area contributed by atoms with E-state index < -0.39 is 16.4 Å². The van der Waals surface area contributed by atoms with Crippen molar-refractivity contribution < 1.29 is 9.31 Å². The van der Waals surface area contributed by atoms with E-state index in [1.807, 2.05) is 0 Å². The Balaban J connectivity index is 2.05. The van der Waals surface area contributed by atoms with Gasteiger partial charge in [0.2, 0.25) is 5.82 Å². The van der Waals surface area contributed by atoms with Crippen LogP contribution in [0, 0.1) is 27.8 Å².